The van der Waals surface area contributed by atoms with E-state index < -0.39 is 0 Å². The molecule has 2 aromatic heterocycles. The smallest absolute Gasteiger partial charge is 0.240 e. The van der Waals surface area contributed by atoms with Gasteiger partial charge in [-0.1, -0.05) is 17.4 Å². The van der Waals surface area contributed by atoms with E-state index in [4.69, 9.17) is 16.7 Å². The van der Waals surface area contributed by atoms with Gasteiger partial charge in [-0.15, -0.1) is 0 Å². The van der Waals surface area contributed by atoms with Gasteiger partial charge in [0.25, 0.3) is 0 Å². The standard InChI is InChI=1S/C7H7N3OS/c1-3-5-6(11-10-3)8-4(2)9-7(5)12/h1-2H3,(H,8,9,12). The average Bonchev–Trinajstić information content (AvgIpc) is 2.31. The van der Waals surface area contributed by atoms with Crippen LogP contribution in [0.25, 0.3) is 11.1 Å². The molecule has 2 rings (SSSR count). The van der Waals surface area contributed by atoms with Crippen molar-refractivity contribution in [2.75, 3.05) is 0 Å². The van der Waals surface area contributed by atoms with Crippen molar-refractivity contribution < 1.29 is 4.52 Å². The van der Waals surface area contributed by atoms with Gasteiger partial charge in [0, 0.05) is 0 Å². The van der Waals surface area contributed by atoms with E-state index in [1.165, 1.54) is 0 Å². The second-order valence-corrected chi connectivity index (χ2v) is 2.99. The number of nitrogens with zero attached hydrogens (tertiary/aromatic N) is 2. The number of H-pyrrole nitrogens is 1. The molecule has 0 atom stereocenters. The number of hydrogen-bond acceptors (Lipinski definition) is 4. The second kappa shape index (κ2) is 2.38. The van der Waals surface area contributed by atoms with Gasteiger partial charge in [-0.05, 0) is 13.8 Å². The van der Waals surface area contributed by atoms with E-state index in [-0.39, 0.29) is 0 Å². The Balaban J connectivity index is 3.03. The molecule has 0 saturated carbocycles. The highest BCUT2D eigenvalue weighted by atomic mass is 32.1. The van der Waals surface area contributed by atoms with Crippen LogP contribution in [0.4, 0.5) is 0 Å². The van der Waals surface area contributed by atoms with Crippen molar-refractivity contribution in [3.8, 4) is 0 Å². The first-order chi connectivity index (χ1) is 5.68. The minimum absolute atomic E-state index is 0.542. The molecule has 0 spiro atoms. The Bertz CT molecular complexity index is 485. The summed E-state index contributed by atoms with van der Waals surface area (Å²) in [4.78, 5) is 7.04. The summed E-state index contributed by atoms with van der Waals surface area (Å²) in [7, 11) is 0. The summed E-state index contributed by atoms with van der Waals surface area (Å²) < 4.78 is 5.54. The van der Waals surface area contributed by atoms with Gasteiger partial charge in [-0.25, -0.2) is 4.98 Å². The molecule has 5 heteroatoms. The highest BCUT2D eigenvalue weighted by Crippen LogP contribution is 2.15. The van der Waals surface area contributed by atoms with Gasteiger partial charge in [-0.3, -0.25) is 0 Å². The number of nitrogens with one attached hydrogen (secondary N) is 1. The van der Waals surface area contributed by atoms with Crippen molar-refractivity contribution in [3.05, 3.63) is 16.2 Å². The molecule has 0 amide bonds. The van der Waals surface area contributed by atoms with Gasteiger partial charge < -0.3 is 9.51 Å². The van der Waals surface area contributed by atoms with Crippen LogP contribution in [0.5, 0.6) is 0 Å². The fourth-order valence-electron chi connectivity index (χ4n) is 1.11. The third-order valence-corrected chi connectivity index (χ3v) is 1.94. The molecular weight excluding hydrogens is 174 g/mol. The van der Waals surface area contributed by atoms with Crippen LogP contribution in [-0.4, -0.2) is 15.1 Å². The first-order valence-electron chi connectivity index (χ1n) is 3.51. The van der Waals surface area contributed by atoms with Crippen molar-refractivity contribution in [1.82, 2.24) is 15.1 Å². The molecule has 0 unspecified atom stereocenters. The lowest BCUT2D eigenvalue weighted by Gasteiger charge is -1.91. The molecule has 0 radical (unpaired) electrons. The van der Waals surface area contributed by atoms with Crippen LogP contribution in [0.1, 0.15) is 11.5 Å². The van der Waals surface area contributed by atoms with E-state index in [9.17, 15) is 0 Å². The quantitative estimate of drug-likeness (QED) is 0.630. The van der Waals surface area contributed by atoms with E-state index in [1.807, 2.05) is 13.8 Å². The summed E-state index contributed by atoms with van der Waals surface area (Å²) in [5.41, 5.74) is 1.38. The van der Waals surface area contributed by atoms with Gasteiger partial charge in [0.1, 0.15) is 10.5 Å². The Labute approximate surface area is 73.6 Å². The monoisotopic (exact) mass is 181 g/mol. The average molecular weight is 181 g/mol. The molecule has 0 aromatic carbocycles. The predicted octanol–water partition coefficient (Wildman–Crippen LogP) is 1.90. The fourth-order valence-corrected chi connectivity index (χ4v) is 1.48. The second-order valence-electron chi connectivity index (χ2n) is 2.60. The van der Waals surface area contributed by atoms with Crippen LogP contribution in [0.3, 0.4) is 0 Å². The van der Waals surface area contributed by atoms with Gasteiger partial charge in [0.05, 0.1) is 11.1 Å². The summed E-state index contributed by atoms with van der Waals surface area (Å²) in [6.07, 6.45) is 0. The molecule has 0 bridgehead atoms. The number of aromatic amines is 1. The van der Waals surface area contributed by atoms with E-state index in [0.29, 0.717) is 10.4 Å². The minimum Gasteiger partial charge on any atom is -0.337 e. The molecule has 0 aliphatic carbocycles. The molecule has 62 valence electrons. The van der Waals surface area contributed by atoms with Gasteiger partial charge in [-0.2, -0.15) is 0 Å². The fraction of sp³-hybridized carbons (Fsp3) is 0.286. The van der Waals surface area contributed by atoms with Crippen molar-refractivity contribution in [3.63, 3.8) is 0 Å². The SMILES string of the molecule is Cc1nc(=S)c2c(C)noc2[nH]1. The highest BCUT2D eigenvalue weighted by molar-refractivity contribution is 7.71. The lowest BCUT2D eigenvalue weighted by atomic mass is 10.3. The zero-order valence-corrected chi connectivity index (χ0v) is 7.53. The molecule has 0 saturated heterocycles. The van der Waals surface area contributed by atoms with Crippen LogP contribution in [-0.2, 0) is 0 Å². The molecule has 0 aliphatic rings. The van der Waals surface area contributed by atoms with Crippen molar-refractivity contribution in [1.29, 1.82) is 0 Å². The number of hydrogen-bond donors (Lipinski definition) is 1. The Morgan fingerprint density at radius 3 is 2.92 bits per heavy atom. The number of aromatic nitrogens is 3. The van der Waals surface area contributed by atoms with Crippen molar-refractivity contribution in [2.24, 2.45) is 0 Å². The van der Waals surface area contributed by atoms with Crippen LogP contribution in [0.15, 0.2) is 4.52 Å². The lowest BCUT2D eigenvalue weighted by molar-refractivity contribution is 0.442. The van der Waals surface area contributed by atoms with E-state index in [0.717, 1.165) is 16.9 Å². The first kappa shape index (κ1) is 7.42. The molecular formula is C7H7N3OS. The maximum absolute atomic E-state index is 5.05. The van der Waals surface area contributed by atoms with Gasteiger partial charge in [0.2, 0.25) is 5.71 Å². The third-order valence-electron chi connectivity index (χ3n) is 1.64. The maximum atomic E-state index is 5.05. The molecule has 0 aliphatic heterocycles. The zero-order valence-electron chi connectivity index (χ0n) is 6.71. The summed E-state index contributed by atoms with van der Waals surface area (Å²) >= 11 is 5.05. The first-order valence-corrected chi connectivity index (χ1v) is 3.92. The summed E-state index contributed by atoms with van der Waals surface area (Å²) in [6, 6.07) is 0. The molecule has 0 fully saturated rings. The van der Waals surface area contributed by atoms with E-state index in [1.54, 1.807) is 0 Å². The molecule has 2 aromatic rings. The number of rotatable bonds is 0. The Hall–Kier alpha value is -1.23. The lowest BCUT2D eigenvalue weighted by Crippen LogP contribution is -1.87. The Morgan fingerprint density at radius 1 is 1.42 bits per heavy atom. The molecule has 4 nitrogen and oxygen atoms in total. The maximum Gasteiger partial charge on any atom is 0.240 e. The van der Waals surface area contributed by atoms with Crippen LogP contribution in [0.2, 0.25) is 0 Å². The van der Waals surface area contributed by atoms with Crippen LogP contribution >= 0.6 is 12.2 Å². The Kier molecular flexibility index (Phi) is 1.47. The Morgan fingerprint density at radius 2 is 2.17 bits per heavy atom. The molecule has 1 N–H and O–H groups in total. The molecule has 2 heterocycles. The van der Waals surface area contributed by atoms with E-state index >= 15 is 0 Å². The highest BCUT2D eigenvalue weighted by Gasteiger charge is 2.06. The largest absolute Gasteiger partial charge is 0.337 e. The zero-order chi connectivity index (χ0) is 8.72. The van der Waals surface area contributed by atoms with Crippen molar-refractivity contribution in [2.45, 2.75) is 13.8 Å². The summed E-state index contributed by atoms with van der Waals surface area (Å²) in [5.74, 6) is 0.739. The normalized spacial score (nSPS) is 10.8. The third kappa shape index (κ3) is 0.937. The number of aryl methyl sites for hydroxylation is 2. The molecule has 12 heavy (non-hydrogen) atoms. The number of fused-ring (bicyclic) bond motifs is 1. The topological polar surface area (TPSA) is 54.7 Å². The van der Waals surface area contributed by atoms with Crippen LogP contribution < -0.4 is 0 Å². The summed E-state index contributed by atoms with van der Waals surface area (Å²) in [6.45, 7) is 3.67. The van der Waals surface area contributed by atoms with E-state index in [2.05, 4.69) is 15.1 Å². The van der Waals surface area contributed by atoms with Crippen molar-refractivity contribution >= 4 is 23.3 Å². The summed E-state index contributed by atoms with van der Waals surface area (Å²) in [5, 5.41) is 4.59. The van der Waals surface area contributed by atoms with Gasteiger partial charge in [0.15, 0.2) is 0 Å². The van der Waals surface area contributed by atoms with Gasteiger partial charge >= 0.3 is 0 Å². The predicted molar refractivity (Wildman–Crippen MR) is 46.5 cm³/mol. The van der Waals surface area contributed by atoms with Crippen LogP contribution in [0, 0.1) is 18.5 Å². The minimum atomic E-state index is 0.542.